The molecule has 0 bridgehead atoms. The number of ether oxygens (including phenoxy) is 2. The van der Waals surface area contributed by atoms with Gasteiger partial charge < -0.3 is 14.6 Å². The summed E-state index contributed by atoms with van der Waals surface area (Å²) in [6.07, 6.45) is -0.263. The molecule has 0 spiro atoms. The minimum atomic E-state index is -0.485. The summed E-state index contributed by atoms with van der Waals surface area (Å²) in [6.45, 7) is 6.71. The average Bonchev–Trinajstić information content (AvgIpc) is 2.88. The van der Waals surface area contributed by atoms with Gasteiger partial charge in [-0.2, -0.15) is 0 Å². The van der Waals surface area contributed by atoms with E-state index in [1.54, 1.807) is 14.2 Å². The van der Waals surface area contributed by atoms with Crippen LogP contribution < -0.4 is 0 Å². The van der Waals surface area contributed by atoms with E-state index in [0.717, 1.165) is 25.2 Å². The molecule has 1 heterocycles. The average molecular weight is 293 g/mol. The number of hydrogen-bond donors (Lipinski definition) is 1. The third kappa shape index (κ3) is 3.83. The van der Waals surface area contributed by atoms with E-state index < -0.39 is 6.10 Å². The van der Waals surface area contributed by atoms with Crippen LogP contribution in [0.15, 0.2) is 30.3 Å². The third-order valence-electron chi connectivity index (χ3n) is 4.38. The van der Waals surface area contributed by atoms with Crippen molar-refractivity contribution in [2.75, 3.05) is 33.9 Å². The zero-order valence-corrected chi connectivity index (χ0v) is 13.5. The molecule has 0 amide bonds. The molecule has 3 atom stereocenters. The summed E-state index contributed by atoms with van der Waals surface area (Å²) in [6, 6.07) is 9.85. The van der Waals surface area contributed by atoms with Crippen LogP contribution in [-0.2, 0) is 9.47 Å². The predicted octanol–water partition coefficient (Wildman–Crippen LogP) is 2.09. The molecule has 0 saturated carbocycles. The minimum Gasteiger partial charge on any atom is -0.388 e. The van der Waals surface area contributed by atoms with Crippen LogP contribution in [0.4, 0.5) is 0 Å². The molecule has 1 aromatic carbocycles. The summed E-state index contributed by atoms with van der Waals surface area (Å²) in [7, 11) is 3.45. The molecule has 4 heteroatoms. The molecule has 2 rings (SSSR count). The largest absolute Gasteiger partial charge is 0.388 e. The van der Waals surface area contributed by atoms with Crippen LogP contribution in [0.5, 0.6) is 0 Å². The van der Waals surface area contributed by atoms with Gasteiger partial charge in [-0.1, -0.05) is 44.2 Å². The van der Waals surface area contributed by atoms with Gasteiger partial charge in [0.2, 0.25) is 0 Å². The van der Waals surface area contributed by atoms with E-state index in [4.69, 9.17) is 9.47 Å². The van der Waals surface area contributed by atoms with Crippen molar-refractivity contribution in [1.82, 2.24) is 4.90 Å². The van der Waals surface area contributed by atoms with E-state index in [0.29, 0.717) is 0 Å². The van der Waals surface area contributed by atoms with Crippen molar-refractivity contribution < 1.29 is 14.6 Å². The lowest BCUT2D eigenvalue weighted by Crippen LogP contribution is -2.37. The molecule has 1 saturated heterocycles. The van der Waals surface area contributed by atoms with E-state index in [9.17, 15) is 5.11 Å². The first kappa shape index (κ1) is 16.4. The Morgan fingerprint density at radius 3 is 2.14 bits per heavy atom. The summed E-state index contributed by atoms with van der Waals surface area (Å²) < 4.78 is 11.0. The maximum absolute atomic E-state index is 10.7. The number of aliphatic hydroxyl groups is 1. The summed E-state index contributed by atoms with van der Waals surface area (Å²) in [4.78, 5) is 2.31. The first-order chi connectivity index (χ1) is 9.97. The first-order valence-electron chi connectivity index (χ1n) is 7.49. The van der Waals surface area contributed by atoms with Crippen LogP contribution in [0.2, 0.25) is 0 Å². The zero-order chi connectivity index (χ0) is 15.5. The molecule has 1 aliphatic rings. The van der Waals surface area contributed by atoms with Crippen molar-refractivity contribution >= 4 is 0 Å². The second-order valence-corrected chi connectivity index (χ2v) is 6.54. The third-order valence-corrected chi connectivity index (χ3v) is 4.38. The van der Waals surface area contributed by atoms with Crippen molar-refractivity contribution in [1.29, 1.82) is 0 Å². The van der Waals surface area contributed by atoms with Gasteiger partial charge in [-0.15, -0.1) is 0 Å². The normalized spacial score (nSPS) is 25.2. The molecule has 0 aliphatic carbocycles. The smallest absolute Gasteiger partial charge is 0.0971 e. The topological polar surface area (TPSA) is 41.9 Å². The van der Waals surface area contributed by atoms with E-state index >= 15 is 0 Å². The number of methoxy groups -OCH3 is 2. The van der Waals surface area contributed by atoms with Crippen LogP contribution in [0.25, 0.3) is 0 Å². The Bertz CT molecular complexity index is 423. The van der Waals surface area contributed by atoms with E-state index in [1.807, 2.05) is 30.3 Å². The SMILES string of the molecule is COC1CN(CC(C)(C)C(O)c2ccccc2)CC1OC. The Balaban J connectivity index is 2.01. The highest BCUT2D eigenvalue weighted by molar-refractivity contribution is 5.19. The summed E-state index contributed by atoms with van der Waals surface area (Å²) >= 11 is 0. The van der Waals surface area contributed by atoms with Gasteiger partial charge in [0.1, 0.15) is 0 Å². The highest BCUT2D eigenvalue weighted by Gasteiger charge is 2.38. The standard InChI is InChI=1S/C17H27NO3/c1-17(2,16(19)13-8-6-5-7-9-13)12-18-10-14(20-3)15(11-18)21-4/h5-9,14-16,19H,10-12H2,1-4H3. The fourth-order valence-electron chi connectivity index (χ4n) is 3.15. The monoisotopic (exact) mass is 293 g/mol. The maximum Gasteiger partial charge on any atom is 0.0971 e. The first-order valence-corrected chi connectivity index (χ1v) is 7.49. The van der Waals surface area contributed by atoms with E-state index in [1.165, 1.54) is 0 Å². The lowest BCUT2D eigenvalue weighted by Gasteiger charge is -2.34. The lowest BCUT2D eigenvalue weighted by molar-refractivity contribution is -0.00461. The van der Waals surface area contributed by atoms with Gasteiger partial charge in [-0.25, -0.2) is 0 Å². The zero-order valence-electron chi connectivity index (χ0n) is 13.5. The molecule has 1 aromatic rings. The van der Waals surface area contributed by atoms with E-state index in [-0.39, 0.29) is 17.6 Å². The highest BCUT2D eigenvalue weighted by Crippen LogP contribution is 2.35. The van der Waals surface area contributed by atoms with Crippen LogP contribution in [0.1, 0.15) is 25.5 Å². The molecular formula is C17H27NO3. The van der Waals surface area contributed by atoms with Crippen molar-refractivity contribution in [2.24, 2.45) is 5.41 Å². The Morgan fingerprint density at radius 1 is 1.14 bits per heavy atom. The second kappa shape index (κ2) is 6.88. The summed E-state index contributed by atoms with van der Waals surface area (Å²) in [5.74, 6) is 0. The fraction of sp³-hybridized carbons (Fsp3) is 0.647. The van der Waals surface area contributed by atoms with Crippen LogP contribution >= 0.6 is 0 Å². The van der Waals surface area contributed by atoms with Gasteiger partial charge in [0.15, 0.2) is 0 Å². The number of benzene rings is 1. The minimum absolute atomic E-state index is 0.111. The van der Waals surface area contributed by atoms with Gasteiger partial charge >= 0.3 is 0 Å². The lowest BCUT2D eigenvalue weighted by atomic mass is 9.82. The second-order valence-electron chi connectivity index (χ2n) is 6.54. The molecule has 0 aromatic heterocycles. The van der Waals surface area contributed by atoms with Crippen molar-refractivity contribution in [2.45, 2.75) is 32.2 Å². The van der Waals surface area contributed by atoms with Crippen molar-refractivity contribution in [3.8, 4) is 0 Å². The van der Waals surface area contributed by atoms with Crippen molar-refractivity contribution in [3.63, 3.8) is 0 Å². The predicted molar refractivity (Wildman–Crippen MR) is 83.2 cm³/mol. The van der Waals surface area contributed by atoms with Gasteiger partial charge in [-0.05, 0) is 5.56 Å². The molecule has 1 N–H and O–H groups in total. The van der Waals surface area contributed by atoms with Crippen LogP contribution in [0, 0.1) is 5.41 Å². The Morgan fingerprint density at radius 2 is 1.67 bits per heavy atom. The number of hydrogen-bond acceptors (Lipinski definition) is 4. The maximum atomic E-state index is 10.7. The Hall–Kier alpha value is -0.940. The van der Waals surface area contributed by atoms with Gasteiger partial charge in [0, 0.05) is 39.3 Å². The Kier molecular flexibility index (Phi) is 5.38. The Labute approximate surface area is 127 Å². The van der Waals surface area contributed by atoms with Crippen LogP contribution in [0.3, 0.4) is 0 Å². The number of nitrogens with zero attached hydrogens (tertiary/aromatic N) is 1. The fourth-order valence-corrected chi connectivity index (χ4v) is 3.15. The molecule has 0 radical (unpaired) electrons. The van der Waals surface area contributed by atoms with Crippen molar-refractivity contribution in [3.05, 3.63) is 35.9 Å². The summed E-state index contributed by atoms with van der Waals surface area (Å²) in [5.41, 5.74) is 0.732. The molecule has 3 unspecified atom stereocenters. The van der Waals surface area contributed by atoms with Gasteiger partial charge in [-0.3, -0.25) is 4.90 Å². The quantitative estimate of drug-likeness (QED) is 0.872. The number of likely N-dealkylation sites (tertiary alicyclic amines) is 1. The molecule has 1 aliphatic heterocycles. The van der Waals surface area contributed by atoms with E-state index in [2.05, 4.69) is 18.7 Å². The molecule has 1 fully saturated rings. The van der Waals surface area contributed by atoms with Gasteiger partial charge in [0.25, 0.3) is 0 Å². The number of aliphatic hydroxyl groups excluding tert-OH is 1. The number of rotatable bonds is 6. The highest BCUT2D eigenvalue weighted by atomic mass is 16.5. The molecule has 21 heavy (non-hydrogen) atoms. The molecular weight excluding hydrogens is 266 g/mol. The van der Waals surface area contributed by atoms with Gasteiger partial charge in [0.05, 0.1) is 18.3 Å². The molecule has 4 nitrogen and oxygen atoms in total. The molecule has 118 valence electrons. The summed E-state index contributed by atoms with van der Waals surface area (Å²) in [5, 5.41) is 10.7. The van der Waals surface area contributed by atoms with Crippen LogP contribution in [-0.4, -0.2) is 56.1 Å².